The number of hydrogen-bond acceptors (Lipinski definition) is 4. The molecule has 0 amide bonds. The first-order chi connectivity index (χ1) is 7.16. The fourth-order valence-electron chi connectivity index (χ4n) is 1.50. The molecule has 0 spiro atoms. The molecule has 2 N–H and O–H groups in total. The number of pyridine rings is 1. The third-order valence-corrected chi connectivity index (χ3v) is 2.52. The molecule has 1 aromatic heterocycles. The number of nitrogens with zero attached hydrogens (tertiary/aromatic N) is 1. The van der Waals surface area contributed by atoms with Crippen LogP contribution in [-0.2, 0) is 17.5 Å². The normalized spacial score (nSPS) is 16.9. The molecular formula is C8H10FN2O3P. The second-order valence-corrected chi connectivity index (χ2v) is 3.91. The molecule has 1 aliphatic rings. The Labute approximate surface area is 86.2 Å². The highest BCUT2D eigenvalue weighted by atomic mass is 31.1. The van der Waals surface area contributed by atoms with E-state index in [0.717, 1.165) is 12.1 Å². The van der Waals surface area contributed by atoms with Crippen LogP contribution in [-0.4, -0.2) is 16.4 Å². The van der Waals surface area contributed by atoms with E-state index >= 15 is 0 Å². The molecule has 1 aliphatic heterocycles. The second-order valence-electron chi connectivity index (χ2n) is 3.18. The van der Waals surface area contributed by atoms with Crippen molar-refractivity contribution in [2.45, 2.75) is 13.0 Å². The van der Waals surface area contributed by atoms with Crippen molar-refractivity contribution in [3.8, 4) is 5.88 Å². The minimum atomic E-state index is -3.20. The number of hydrogen-bond donors (Lipinski definition) is 2. The summed E-state index contributed by atoms with van der Waals surface area (Å²) in [4.78, 5) is 12.4. The van der Waals surface area contributed by atoms with Gasteiger partial charge in [0.1, 0.15) is 0 Å². The predicted octanol–water partition coefficient (Wildman–Crippen LogP) is 0.627. The molecule has 7 heteroatoms. The third-order valence-electron chi connectivity index (χ3n) is 2.15. The molecule has 0 aromatic carbocycles. The fraction of sp³-hybridized carbons (Fsp3) is 0.375. The highest BCUT2D eigenvalue weighted by Crippen LogP contribution is 2.26. The van der Waals surface area contributed by atoms with Crippen LogP contribution in [0.3, 0.4) is 0 Å². The van der Waals surface area contributed by atoms with E-state index in [1.165, 1.54) is 6.07 Å². The minimum absolute atomic E-state index is 0.387. The lowest BCUT2D eigenvalue weighted by Gasteiger charge is -2.16. The van der Waals surface area contributed by atoms with Gasteiger partial charge in [0, 0.05) is 19.5 Å². The van der Waals surface area contributed by atoms with Gasteiger partial charge in [-0.05, 0) is 11.6 Å². The summed E-state index contributed by atoms with van der Waals surface area (Å²) in [6, 6.07) is 1.29. The van der Waals surface area contributed by atoms with Gasteiger partial charge in [0.15, 0.2) is 5.82 Å². The smallest absolute Gasteiger partial charge is 0.366 e. The first kappa shape index (κ1) is 10.5. The molecule has 0 bridgehead atoms. The van der Waals surface area contributed by atoms with Crippen LogP contribution in [0.2, 0.25) is 0 Å². The molecule has 0 saturated heterocycles. The average molecular weight is 232 g/mol. The molecule has 2 rings (SSSR count). The Balaban J connectivity index is 2.36. The molecule has 1 atom stereocenters. The van der Waals surface area contributed by atoms with E-state index in [4.69, 9.17) is 4.89 Å². The van der Waals surface area contributed by atoms with Crippen LogP contribution >= 0.6 is 8.25 Å². The topological polar surface area (TPSA) is 71.5 Å². The van der Waals surface area contributed by atoms with Crippen molar-refractivity contribution in [1.82, 2.24) is 10.3 Å². The van der Waals surface area contributed by atoms with Gasteiger partial charge in [-0.2, -0.15) is 0 Å². The maximum atomic E-state index is 13.3. The lowest BCUT2D eigenvalue weighted by molar-refractivity contribution is 0.388. The highest BCUT2D eigenvalue weighted by Gasteiger charge is 2.16. The number of aromatic nitrogens is 1. The van der Waals surface area contributed by atoms with Crippen LogP contribution in [0.15, 0.2) is 6.07 Å². The molecule has 82 valence electrons. The summed E-state index contributed by atoms with van der Waals surface area (Å²) in [7, 11) is -3.20. The number of fused-ring (bicyclic) bond motifs is 1. The standard InChI is InChI=1S/C8H10FN2O3P/c9-6-3-5-4-10-2-1-7(5)11-8(6)14-15(12)13/h3,10,15H,1-2,4H2,(H,12,13). The number of halogens is 1. The van der Waals surface area contributed by atoms with Crippen molar-refractivity contribution in [1.29, 1.82) is 0 Å². The summed E-state index contributed by atoms with van der Waals surface area (Å²) in [6.45, 7) is 1.33. The van der Waals surface area contributed by atoms with Crippen LogP contribution in [0.25, 0.3) is 0 Å². The van der Waals surface area contributed by atoms with E-state index in [1.807, 2.05) is 0 Å². The first-order valence-electron chi connectivity index (χ1n) is 4.46. The quantitative estimate of drug-likeness (QED) is 0.731. The lowest BCUT2D eigenvalue weighted by atomic mass is 10.1. The SMILES string of the molecule is O=[PH](O)Oc1nc2c(cc1F)CNCC2. The zero-order chi connectivity index (χ0) is 10.8. The largest absolute Gasteiger partial charge is 0.405 e. The molecule has 0 saturated carbocycles. The van der Waals surface area contributed by atoms with Crippen LogP contribution < -0.4 is 9.84 Å². The van der Waals surface area contributed by atoms with Crippen molar-refractivity contribution < 1.29 is 18.4 Å². The zero-order valence-corrected chi connectivity index (χ0v) is 8.79. The molecule has 15 heavy (non-hydrogen) atoms. The van der Waals surface area contributed by atoms with E-state index in [9.17, 15) is 8.96 Å². The van der Waals surface area contributed by atoms with Crippen LogP contribution in [0.1, 0.15) is 11.3 Å². The highest BCUT2D eigenvalue weighted by molar-refractivity contribution is 7.32. The Hall–Kier alpha value is -0.970. The van der Waals surface area contributed by atoms with Gasteiger partial charge in [0.2, 0.25) is 0 Å². The van der Waals surface area contributed by atoms with E-state index < -0.39 is 14.1 Å². The molecule has 0 fully saturated rings. The second kappa shape index (κ2) is 4.26. The van der Waals surface area contributed by atoms with Crippen molar-refractivity contribution in [2.75, 3.05) is 6.54 Å². The number of rotatable bonds is 2. The number of nitrogens with one attached hydrogen (secondary N) is 1. The van der Waals surface area contributed by atoms with Gasteiger partial charge >= 0.3 is 8.25 Å². The van der Waals surface area contributed by atoms with Crippen LogP contribution in [0, 0.1) is 5.82 Å². The Kier molecular flexibility index (Phi) is 3.00. The molecule has 2 heterocycles. The molecule has 1 aromatic rings. The predicted molar refractivity (Wildman–Crippen MR) is 51.5 cm³/mol. The Bertz CT molecular complexity index is 413. The Morgan fingerprint density at radius 3 is 3.20 bits per heavy atom. The van der Waals surface area contributed by atoms with Gasteiger partial charge in [-0.1, -0.05) is 0 Å². The van der Waals surface area contributed by atoms with E-state index in [2.05, 4.69) is 14.8 Å². The van der Waals surface area contributed by atoms with Gasteiger partial charge in [-0.3, -0.25) is 0 Å². The summed E-state index contributed by atoms with van der Waals surface area (Å²) in [5.74, 6) is -1.09. The summed E-state index contributed by atoms with van der Waals surface area (Å²) >= 11 is 0. The Morgan fingerprint density at radius 2 is 2.47 bits per heavy atom. The maximum absolute atomic E-state index is 13.3. The third kappa shape index (κ3) is 2.34. The maximum Gasteiger partial charge on any atom is 0.366 e. The molecule has 0 aliphatic carbocycles. The van der Waals surface area contributed by atoms with E-state index in [0.29, 0.717) is 18.7 Å². The van der Waals surface area contributed by atoms with Crippen LogP contribution in [0.4, 0.5) is 4.39 Å². The van der Waals surface area contributed by atoms with Crippen molar-refractivity contribution in [2.24, 2.45) is 0 Å². The van der Waals surface area contributed by atoms with Gasteiger partial charge in [-0.25, -0.2) is 13.9 Å². The molecular weight excluding hydrogens is 222 g/mol. The monoisotopic (exact) mass is 232 g/mol. The van der Waals surface area contributed by atoms with Crippen molar-refractivity contribution >= 4 is 8.25 Å². The van der Waals surface area contributed by atoms with Gasteiger partial charge in [0.05, 0.1) is 5.69 Å². The molecule has 1 unspecified atom stereocenters. The summed E-state index contributed by atoms with van der Waals surface area (Å²) < 4.78 is 28.1. The summed E-state index contributed by atoms with van der Waals surface area (Å²) in [5.41, 5.74) is 1.48. The van der Waals surface area contributed by atoms with E-state index in [1.54, 1.807) is 0 Å². The Morgan fingerprint density at radius 1 is 1.67 bits per heavy atom. The molecule has 0 radical (unpaired) electrons. The van der Waals surface area contributed by atoms with Gasteiger partial charge in [0.25, 0.3) is 5.88 Å². The molecule has 5 nitrogen and oxygen atoms in total. The van der Waals surface area contributed by atoms with Crippen LogP contribution in [0.5, 0.6) is 5.88 Å². The zero-order valence-electron chi connectivity index (χ0n) is 7.79. The first-order valence-corrected chi connectivity index (χ1v) is 5.73. The minimum Gasteiger partial charge on any atom is -0.405 e. The summed E-state index contributed by atoms with van der Waals surface area (Å²) in [5, 5.41) is 3.08. The van der Waals surface area contributed by atoms with Gasteiger partial charge < -0.3 is 14.7 Å². The van der Waals surface area contributed by atoms with Crippen molar-refractivity contribution in [3.63, 3.8) is 0 Å². The average Bonchev–Trinajstić information content (AvgIpc) is 2.18. The lowest BCUT2D eigenvalue weighted by Crippen LogP contribution is -2.24. The summed E-state index contributed by atoms with van der Waals surface area (Å²) in [6.07, 6.45) is 0.665. The van der Waals surface area contributed by atoms with Crippen molar-refractivity contribution in [3.05, 3.63) is 23.1 Å². The fourth-order valence-corrected chi connectivity index (χ4v) is 1.81. The van der Waals surface area contributed by atoms with E-state index in [-0.39, 0.29) is 5.88 Å². The van der Waals surface area contributed by atoms with Gasteiger partial charge in [-0.15, -0.1) is 0 Å².